The smallest absolute Gasteiger partial charge is 0.0609 e. The van der Waals surface area contributed by atoms with E-state index in [1.54, 1.807) is 12.1 Å². The lowest BCUT2D eigenvalue weighted by Crippen LogP contribution is -2.22. The molecule has 1 nitrogen and oxygen atoms in total. The molecule has 1 saturated carbocycles. The van der Waals surface area contributed by atoms with Gasteiger partial charge in [0.25, 0.3) is 0 Å². The molecular formula is C12H14Cl2O. The maximum absolute atomic E-state index is 9.94. The molecule has 0 heterocycles. The Bertz CT molecular complexity index is 351. The van der Waals surface area contributed by atoms with Crippen LogP contribution >= 0.6 is 23.2 Å². The highest BCUT2D eigenvalue weighted by atomic mass is 35.5. The van der Waals surface area contributed by atoms with Gasteiger partial charge >= 0.3 is 0 Å². The number of aliphatic hydroxyl groups is 1. The molecule has 2 rings (SSSR count). The number of halogens is 2. The molecule has 1 fully saturated rings. The summed E-state index contributed by atoms with van der Waals surface area (Å²) in [4.78, 5) is 0. The van der Waals surface area contributed by atoms with Gasteiger partial charge in [-0.15, -0.1) is 0 Å². The molecule has 1 aromatic carbocycles. The third kappa shape index (κ3) is 2.47. The number of aliphatic hydroxyl groups excluding tert-OH is 1. The third-order valence-electron chi connectivity index (χ3n) is 3.09. The summed E-state index contributed by atoms with van der Waals surface area (Å²) in [6, 6.07) is 5.46. The summed E-state index contributed by atoms with van der Waals surface area (Å²) in [6.07, 6.45) is 3.87. The quantitative estimate of drug-likeness (QED) is 0.792. The highest BCUT2D eigenvalue weighted by Gasteiger charge is 2.26. The molecule has 1 aliphatic rings. The summed E-state index contributed by atoms with van der Waals surface area (Å²) in [5.74, 6) is 0.157. The summed E-state index contributed by atoms with van der Waals surface area (Å²) in [7, 11) is 0. The van der Waals surface area contributed by atoms with Gasteiger partial charge in [0.1, 0.15) is 0 Å². The van der Waals surface area contributed by atoms with Crippen LogP contribution in [-0.4, -0.2) is 11.2 Å². The minimum absolute atomic E-state index is 0.157. The molecule has 0 aromatic heterocycles. The van der Waals surface area contributed by atoms with Gasteiger partial charge in [-0.05, 0) is 36.6 Å². The van der Waals surface area contributed by atoms with E-state index in [2.05, 4.69) is 0 Å². The average Bonchev–Trinajstić information content (AvgIpc) is 2.23. The number of hydrogen-bond acceptors (Lipinski definition) is 1. The van der Waals surface area contributed by atoms with E-state index in [-0.39, 0.29) is 12.0 Å². The van der Waals surface area contributed by atoms with Gasteiger partial charge in [0.2, 0.25) is 0 Å². The second-order valence-electron chi connectivity index (χ2n) is 4.12. The number of rotatable bonds is 1. The lowest BCUT2D eigenvalue weighted by atomic mass is 9.82. The van der Waals surface area contributed by atoms with Crippen molar-refractivity contribution in [2.75, 3.05) is 0 Å². The van der Waals surface area contributed by atoms with Crippen molar-refractivity contribution >= 4 is 23.2 Å². The summed E-state index contributed by atoms with van der Waals surface area (Å²) in [5, 5.41) is 11.3. The molecule has 0 amide bonds. The molecule has 2 atom stereocenters. The fourth-order valence-corrected chi connectivity index (χ4v) is 2.71. The van der Waals surface area contributed by atoms with Crippen LogP contribution in [0.15, 0.2) is 18.2 Å². The van der Waals surface area contributed by atoms with Gasteiger partial charge in [-0.25, -0.2) is 0 Å². The Hall–Kier alpha value is -0.240. The Morgan fingerprint density at radius 2 is 1.87 bits per heavy atom. The van der Waals surface area contributed by atoms with E-state index in [1.165, 1.54) is 0 Å². The molecule has 15 heavy (non-hydrogen) atoms. The first-order valence-electron chi connectivity index (χ1n) is 5.31. The molecule has 82 valence electrons. The zero-order valence-electron chi connectivity index (χ0n) is 8.42. The monoisotopic (exact) mass is 244 g/mol. The first-order valence-corrected chi connectivity index (χ1v) is 6.07. The fourth-order valence-electron chi connectivity index (χ4n) is 2.27. The lowest BCUT2D eigenvalue weighted by Gasteiger charge is -2.28. The predicted molar refractivity (Wildman–Crippen MR) is 63.7 cm³/mol. The van der Waals surface area contributed by atoms with Crippen LogP contribution in [0.1, 0.15) is 37.2 Å². The normalized spacial score (nSPS) is 26.6. The van der Waals surface area contributed by atoms with Gasteiger partial charge in [-0.3, -0.25) is 0 Å². The van der Waals surface area contributed by atoms with E-state index in [0.717, 1.165) is 31.2 Å². The van der Waals surface area contributed by atoms with Crippen molar-refractivity contribution in [1.82, 2.24) is 0 Å². The van der Waals surface area contributed by atoms with Gasteiger partial charge in [0, 0.05) is 16.0 Å². The standard InChI is InChI=1S/C12H14Cl2O/c13-8-5-6-11(14)10(7-8)9-3-1-2-4-12(9)15/h5-7,9,12,15H,1-4H2. The van der Waals surface area contributed by atoms with Gasteiger partial charge < -0.3 is 5.11 Å². The Morgan fingerprint density at radius 1 is 1.13 bits per heavy atom. The van der Waals surface area contributed by atoms with Crippen LogP contribution in [0.2, 0.25) is 10.0 Å². The Morgan fingerprint density at radius 3 is 2.60 bits per heavy atom. The molecule has 1 N–H and O–H groups in total. The summed E-state index contributed by atoms with van der Waals surface area (Å²) >= 11 is 12.1. The van der Waals surface area contributed by atoms with Crippen molar-refractivity contribution in [2.45, 2.75) is 37.7 Å². The second kappa shape index (κ2) is 4.73. The average molecular weight is 245 g/mol. The van der Waals surface area contributed by atoms with E-state index < -0.39 is 0 Å². The van der Waals surface area contributed by atoms with E-state index in [0.29, 0.717) is 10.0 Å². The molecule has 2 unspecified atom stereocenters. The fraction of sp³-hybridized carbons (Fsp3) is 0.500. The maximum Gasteiger partial charge on any atom is 0.0609 e. The van der Waals surface area contributed by atoms with Crippen LogP contribution in [-0.2, 0) is 0 Å². The van der Waals surface area contributed by atoms with Crippen LogP contribution in [0.3, 0.4) is 0 Å². The van der Waals surface area contributed by atoms with E-state index >= 15 is 0 Å². The van der Waals surface area contributed by atoms with Gasteiger partial charge in [-0.1, -0.05) is 36.0 Å². The SMILES string of the molecule is OC1CCCCC1c1cc(Cl)ccc1Cl. The topological polar surface area (TPSA) is 20.2 Å². The van der Waals surface area contributed by atoms with E-state index in [1.807, 2.05) is 6.07 Å². The van der Waals surface area contributed by atoms with Crippen molar-refractivity contribution in [3.05, 3.63) is 33.8 Å². The highest BCUT2D eigenvalue weighted by molar-refractivity contribution is 6.33. The van der Waals surface area contributed by atoms with Crippen molar-refractivity contribution in [1.29, 1.82) is 0 Å². The molecule has 0 bridgehead atoms. The van der Waals surface area contributed by atoms with Crippen molar-refractivity contribution < 1.29 is 5.11 Å². The zero-order chi connectivity index (χ0) is 10.8. The molecule has 0 radical (unpaired) electrons. The summed E-state index contributed by atoms with van der Waals surface area (Å²) in [5.41, 5.74) is 0.997. The first kappa shape index (κ1) is 11.3. The zero-order valence-corrected chi connectivity index (χ0v) is 9.93. The van der Waals surface area contributed by atoms with Crippen LogP contribution in [0, 0.1) is 0 Å². The van der Waals surface area contributed by atoms with Gasteiger partial charge in [0.05, 0.1) is 6.10 Å². The van der Waals surface area contributed by atoms with Crippen LogP contribution < -0.4 is 0 Å². The molecular weight excluding hydrogens is 231 g/mol. The summed E-state index contributed by atoms with van der Waals surface area (Å²) in [6.45, 7) is 0. The van der Waals surface area contributed by atoms with Crippen LogP contribution in [0.25, 0.3) is 0 Å². The maximum atomic E-state index is 9.94. The number of benzene rings is 1. The van der Waals surface area contributed by atoms with Crippen molar-refractivity contribution in [2.24, 2.45) is 0 Å². The Kier molecular flexibility index (Phi) is 3.55. The molecule has 3 heteroatoms. The predicted octanol–water partition coefficient (Wildman–Crippen LogP) is 4.01. The molecule has 0 aliphatic heterocycles. The second-order valence-corrected chi connectivity index (χ2v) is 4.97. The molecule has 0 saturated heterocycles. The molecule has 0 spiro atoms. The van der Waals surface area contributed by atoms with Gasteiger partial charge in [-0.2, -0.15) is 0 Å². The Labute approximate surface area is 100 Å². The molecule has 1 aromatic rings. The first-order chi connectivity index (χ1) is 7.18. The van der Waals surface area contributed by atoms with Crippen LogP contribution in [0.5, 0.6) is 0 Å². The minimum Gasteiger partial charge on any atom is -0.392 e. The number of hydrogen-bond donors (Lipinski definition) is 1. The van der Waals surface area contributed by atoms with Gasteiger partial charge in [0.15, 0.2) is 0 Å². The molecule has 1 aliphatic carbocycles. The summed E-state index contributed by atoms with van der Waals surface area (Å²) < 4.78 is 0. The van der Waals surface area contributed by atoms with Crippen LogP contribution in [0.4, 0.5) is 0 Å². The van der Waals surface area contributed by atoms with Crippen molar-refractivity contribution in [3.8, 4) is 0 Å². The third-order valence-corrected chi connectivity index (χ3v) is 3.67. The minimum atomic E-state index is -0.269. The highest BCUT2D eigenvalue weighted by Crippen LogP contribution is 2.37. The largest absolute Gasteiger partial charge is 0.392 e. The van der Waals surface area contributed by atoms with E-state index in [9.17, 15) is 5.11 Å². The Balaban J connectivity index is 2.30. The van der Waals surface area contributed by atoms with Crippen molar-refractivity contribution in [3.63, 3.8) is 0 Å². The van der Waals surface area contributed by atoms with E-state index in [4.69, 9.17) is 23.2 Å². The lowest BCUT2D eigenvalue weighted by molar-refractivity contribution is 0.106.